The molecule has 3 aromatic rings. The lowest BCUT2D eigenvalue weighted by molar-refractivity contribution is 0.0715. The summed E-state index contributed by atoms with van der Waals surface area (Å²) in [5.41, 5.74) is 2.23. The van der Waals surface area contributed by atoms with Crippen LogP contribution in [0.5, 0.6) is 0 Å². The first-order chi connectivity index (χ1) is 13.2. The van der Waals surface area contributed by atoms with Crippen LogP contribution in [-0.2, 0) is 0 Å². The highest BCUT2D eigenvalue weighted by molar-refractivity contribution is 5.99. The van der Waals surface area contributed by atoms with Gasteiger partial charge >= 0.3 is 0 Å². The second kappa shape index (κ2) is 7.61. The molecule has 2 aromatic carbocycles. The summed E-state index contributed by atoms with van der Waals surface area (Å²) in [6, 6.07) is 16.6. The first kappa shape index (κ1) is 17.3. The molecular formula is C21H21FN4O. The molecule has 138 valence electrons. The number of H-pyrrole nitrogens is 1. The smallest absolute Gasteiger partial charge is 0.257 e. The number of benzene rings is 2. The quantitative estimate of drug-likeness (QED) is 0.737. The fourth-order valence-corrected chi connectivity index (χ4v) is 3.54. The van der Waals surface area contributed by atoms with Crippen LogP contribution in [0.3, 0.4) is 0 Å². The lowest BCUT2D eigenvalue weighted by atomic mass is 10.0. The van der Waals surface area contributed by atoms with Crippen LogP contribution in [0.1, 0.15) is 23.2 Å². The summed E-state index contributed by atoms with van der Waals surface area (Å²) < 4.78 is 14.2. The Morgan fingerprint density at radius 2 is 1.93 bits per heavy atom. The van der Waals surface area contributed by atoms with Gasteiger partial charge in [-0.15, -0.1) is 0 Å². The minimum Gasteiger partial charge on any atom is -0.381 e. The number of rotatable bonds is 4. The Hall–Kier alpha value is -3.15. The number of amides is 1. The van der Waals surface area contributed by atoms with Gasteiger partial charge in [-0.2, -0.15) is 5.10 Å². The number of halogens is 1. The largest absolute Gasteiger partial charge is 0.381 e. The number of hydrogen-bond acceptors (Lipinski definition) is 3. The van der Waals surface area contributed by atoms with Crippen LogP contribution < -0.4 is 5.32 Å². The summed E-state index contributed by atoms with van der Waals surface area (Å²) in [7, 11) is 0. The Balaban J connectivity index is 1.52. The van der Waals surface area contributed by atoms with Crippen molar-refractivity contribution in [2.24, 2.45) is 0 Å². The maximum Gasteiger partial charge on any atom is 0.257 e. The Morgan fingerprint density at radius 3 is 2.74 bits per heavy atom. The van der Waals surface area contributed by atoms with Gasteiger partial charge in [0, 0.05) is 30.4 Å². The van der Waals surface area contributed by atoms with Gasteiger partial charge in [-0.25, -0.2) is 4.39 Å². The van der Waals surface area contributed by atoms with Crippen LogP contribution in [0.2, 0.25) is 0 Å². The third kappa shape index (κ3) is 3.69. The monoisotopic (exact) mass is 364 g/mol. The standard InChI is InChI=1S/C21H21FN4O/c22-19-11-5-4-10-17(19)20-18(13-23-25-20)21(27)26-12-6-9-16(14-26)24-15-7-2-1-3-8-15/h1-5,7-8,10-11,13,16,24H,6,9,12,14H2,(H,23,25)/t16-/m1/s1. The van der Waals surface area contributed by atoms with E-state index in [4.69, 9.17) is 0 Å². The van der Waals surface area contributed by atoms with Crippen molar-refractivity contribution >= 4 is 11.6 Å². The summed E-state index contributed by atoms with van der Waals surface area (Å²) in [6.07, 6.45) is 3.41. The Morgan fingerprint density at radius 1 is 1.15 bits per heavy atom. The molecule has 2 N–H and O–H groups in total. The number of nitrogens with one attached hydrogen (secondary N) is 2. The van der Waals surface area contributed by atoms with Crippen molar-refractivity contribution in [3.8, 4) is 11.3 Å². The maximum atomic E-state index is 14.2. The molecule has 1 atom stereocenters. The van der Waals surface area contributed by atoms with Gasteiger partial charge in [0.15, 0.2) is 0 Å². The van der Waals surface area contributed by atoms with E-state index in [0.717, 1.165) is 18.5 Å². The molecule has 0 bridgehead atoms. The minimum atomic E-state index is -0.377. The van der Waals surface area contributed by atoms with Gasteiger partial charge in [0.25, 0.3) is 5.91 Å². The van der Waals surface area contributed by atoms with Crippen LogP contribution in [0.25, 0.3) is 11.3 Å². The zero-order valence-electron chi connectivity index (χ0n) is 14.9. The predicted molar refractivity (Wildman–Crippen MR) is 103 cm³/mol. The lowest BCUT2D eigenvalue weighted by Crippen LogP contribution is -2.45. The second-order valence-corrected chi connectivity index (χ2v) is 6.74. The molecule has 1 aliphatic heterocycles. The minimum absolute atomic E-state index is 0.124. The van der Waals surface area contributed by atoms with E-state index in [0.29, 0.717) is 29.9 Å². The van der Waals surface area contributed by atoms with Crippen molar-refractivity contribution < 1.29 is 9.18 Å². The lowest BCUT2D eigenvalue weighted by Gasteiger charge is -2.33. The van der Waals surface area contributed by atoms with Crippen molar-refractivity contribution in [3.63, 3.8) is 0 Å². The first-order valence-electron chi connectivity index (χ1n) is 9.11. The van der Waals surface area contributed by atoms with Crippen molar-refractivity contribution in [1.82, 2.24) is 15.1 Å². The van der Waals surface area contributed by atoms with Crippen LogP contribution in [0.4, 0.5) is 10.1 Å². The molecule has 27 heavy (non-hydrogen) atoms. The molecule has 1 amide bonds. The van der Waals surface area contributed by atoms with Crippen molar-refractivity contribution in [1.29, 1.82) is 0 Å². The fourth-order valence-electron chi connectivity index (χ4n) is 3.54. The molecule has 6 heteroatoms. The van der Waals surface area contributed by atoms with Gasteiger partial charge < -0.3 is 10.2 Å². The molecule has 1 aliphatic rings. The molecule has 0 spiro atoms. The summed E-state index contributed by atoms with van der Waals surface area (Å²) in [5.74, 6) is -0.500. The summed E-state index contributed by atoms with van der Waals surface area (Å²) in [5, 5.41) is 10.3. The highest BCUT2D eigenvalue weighted by Crippen LogP contribution is 2.26. The molecule has 0 radical (unpaired) electrons. The zero-order chi connectivity index (χ0) is 18.6. The highest BCUT2D eigenvalue weighted by atomic mass is 19.1. The molecule has 0 aliphatic carbocycles. The number of hydrogen-bond donors (Lipinski definition) is 2. The van der Waals surface area contributed by atoms with Gasteiger partial charge in [0.1, 0.15) is 5.82 Å². The third-order valence-electron chi connectivity index (χ3n) is 4.87. The van der Waals surface area contributed by atoms with Crippen LogP contribution in [0.15, 0.2) is 60.8 Å². The van der Waals surface area contributed by atoms with E-state index in [9.17, 15) is 9.18 Å². The average molecular weight is 364 g/mol. The van der Waals surface area contributed by atoms with Gasteiger partial charge in [-0.1, -0.05) is 30.3 Å². The van der Waals surface area contributed by atoms with Gasteiger partial charge in [-0.05, 0) is 37.1 Å². The number of aromatic nitrogens is 2. The summed E-state index contributed by atoms with van der Waals surface area (Å²) in [6.45, 7) is 1.29. The van der Waals surface area contributed by atoms with Gasteiger partial charge in [0.05, 0.1) is 17.5 Å². The van der Waals surface area contributed by atoms with E-state index >= 15 is 0 Å². The molecule has 1 saturated heterocycles. The van der Waals surface area contributed by atoms with Gasteiger partial charge in [0.2, 0.25) is 0 Å². The zero-order valence-corrected chi connectivity index (χ0v) is 14.9. The number of carbonyl (C=O) groups is 1. The number of likely N-dealkylation sites (tertiary alicyclic amines) is 1. The summed E-state index contributed by atoms with van der Waals surface area (Å²) in [4.78, 5) is 14.9. The van der Waals surface area contributed by atoms with E-state index in [1.165, 1.54) is 12.3 Å². The normalized spacial score (nSPS) is 16.9. The SMILES string of the molecule is O=C(c1cn[nH]c1-c1ccccc1F)N1CCC[C@@H](Nc2ccccc2)C1. The molecule has 5 nitrogen and oxygen atoms in total. The molecular weight excluding hydrogens is 343 g/mol. The average Bonchev–Trinajstić information content (AvgIpc) is 3.18. The number of anilines is 1. The molecule has 0 unspecified atom stereocenters. The summed E-state index contributed by atoms with van der Waals surface area (Å²) >= 11 is 0. The Labute approximate surface area is 157 Å². The number of aromatic amines is 1. The number of carbonyl (C=O) groups excluding carboxylic acids is 1. The van der Waals surface area contributed by atoms with E-state index in [2.05, 4.69) is 15.5 Å². The molecule has 1 fully saturated rings. The van der Waals surface area contributed by atoms with E-state index in [1.54, 1.807) is 18.2 Å². The molecule has 1 aromatic heterocycles. The predicted octanol–water partition coefficient (Wildman–Crippen LogP) is 3.93. The van der Waals surface area contributed by atoms with Crippen molar-refractivity contribution in [2.75, 3.05) is 18.4 Å². The van der Waals surface area contributed by atoms with Crippen LogP contribution in [0, 0.1) is 5.82 Å². The van der Waals surface area contributed by atoms with Gasteiger partial charge in [-0.3, -0.25) is 9.89 Å². The van der Waals surface area contributed by atoms with Crippen molar-refractivity contribution in [3.05, 3.63) is 72.2 Å². The third-order valence-corrected chi connectivity index (χ3v) is 4.87. The number of piperidine rings is 1. The fraction of sp³-hybridized carbons (Fsp3) is 0.238. The van der Waals surface area contributed by atoms with Crippen LogP contribution in [-0.4, -0.2) is 40.1 Å². The van der Waals surface area contributed by atoms with E-state index < -0.39 is 0 Å². The molecule has 4 rings (SSSR count). The molecule has 0 saturated carbocycles. The topological polar surface area (TPSA) is 61.0 Å². The Bertz CT molecular complexity index is 925. The maximum absolute atomic E-state index is 14.2. The second-order valence-electron chi connectivity index (χ2n) is 6.74. The first-order valence-corrected chi connectivity index (χ1v) is 9.11. The number of para-hydroxylation sites is 1. The van der Waals surface area contributed by atoms with Crippen molar-refractivity contribution in [2.45, 2.75) is 18.9 Å². The van der Waals surface area contributed by atoms with E-state index in [1.807, 2.05) is 35.2 Å². The highest BCUT2D eigenvalue weighted by Gasteiger charge is 2.27. The van der Waals surface area contributed by atoms with Crippen LogP contribution >= 0.6 is 0 Å². The Kier molecular flexibility index (Phi) is 4.87. The number of nitrogens with zero attached hydrogens (tertiary/aromatic N) is 2. The molecule has 2 heterocycles. The van der Waals surface area contributed by atoms with E-state index in [-0.39, 0.29) is 17.8 Å².